The second-order valence-corrected chi connectivity index (χ2v) is 5.56. The highest BCUT2D eigenvalue weighted by molar-refractivity contribution is 9.09. The van der Waals surface area contributed by atoms with Crippen LogP contribution < -0.4 is 0 Å². The summed E-state index contributed by atoms with van der Waals surface area (Å²) in [6.07, 6.45) is 5.01. The Kier molecular flexibility index (Phi) is 3.89. The quantitative estimate of drug-likeness (QED) is 0.794. The first-order chi connectivity index (χ1) is 6.54. The molecule has 0 aliphatic rings. The third-order valence-corrected chi connectivity index (χ3v) is 3.17. The van der Waals surface area contributed by atoms with Gasteiger partial charge in [-0.1, -0.05) is 40.2 Å². The second-order valence-electron chi connectivity index (χ2n) is 2.90. The Hall–Kier alpha value is -0.610. The van der Waals surface area contributed by atoms with Crippen molar-refractivity contribution in [1.82, 2.24) is 0 Å². The van der Waals surface area contributed by atoms with Gasteiger partial charge in [0.05, 0.1) is 4.90 Å². The predicted molar refractivity (Wildman–Crippen MR) is 62.4 cm³/mol. The molecular weight excluding hydrogens is 264 g/mol. The molecular formula is C10H11BrO2S. The van der Waals surface area contributed by atoms with Gasteiger partial charge in [0.1, 0.15) is 0 Å². The number of hydrogen-bond acceptors (Lipinski definition) is 2. The van der Waals surface area contributed by atoms with Crippen molar-refractivity contribution in [1.29, 1.82) is 0 Å². The molecule has 0 radical (unpaired) electrons. The summed E-state index contributed by atoms with van der Waals surface area (Å²) in [5.41, 5.74) is 0.896. The first-order valence-electron chi connectivity index (χ1n) is 4.06. The summed E-state index contributed by atoms with van der Waals surface area (Å²) in [6, 6.07) is 6.87. The molecule has 0 atom stereocenters. The van der Waals surface area contributed by atoms with E-state index < -0.39 is 9.84 Å². The zero-order valence-corrected chi connectivity index (χ0v) is 10.2. The Bertz CT molecular complexity index is 435. The molecule has 0 saturated carbocycles. The van der Waals surface area contributed by atoms with Crippen LogP contribution in [-0.4, -0.2) is 20.0 Å². The average molecular weight is 275 g/mol. The number of alkyl halides is 1. The molecule has 1 aromatic carbocycles. The highest BCUT2D eigenvalue weighted by Crippen LogP contribution is 2.12. The zero-order chi connectivity index (χ0) is 10.6. The highest BCUT2D eigenvalue weighted by Gasteiger charge is 2.05. The number of halogens is 1. The standard InChI is InChI=1S/C10H11BrO2S/c1-14(12,13)10-6-2-4-9(8-10)5-3-7-11/h2-6,8H,7H2,1H3. The Labute approximate surface area is 92.7 Å². The lowest BCUT2D eigenvalue weighted by molar-refractivity contribution is 0.602. The van der Waals surface area contributed by atoms with Gasteiger partial charge in [-0.05, 0) is 17.7 Å². The Morgan fingerprint density at radius 2 is 2.14 bits per heavy atom. The minimum Gasteiger partial charge on any atom is -0.224 e. The molecule has 0 bridgehead atoms. The molecule has 1 rings (SSSR count). The number of rotatable bonds is 3. The van der Waals surface area contributed by atoms with Crippen LogP contribution in [0.3, 0.4) is 0 Å². The highest BCUT2D eigenvalue weighted by atomic mass is 79.9. The van der Waals surface area contributed by atoms with Gasteiger partial charge in [-0.15, -0.1) is 0 Å². The summed E-state index contributed by atoms with van der Waals surface area (Å²) in [7, 11) is -3.10. The average Bonchev–Trinajstić information content (AvgIpc) is 2.14. The van der Waals surface area contributed by atoms with E-state index in [2.05, 4.69) is 15.9 Å². The molecule has 0 unspecified atom stereocenters. The van der Waals surface area contributed by atoms with Crippen LogP contribution >= 0.6 is 15.9 Å². The lowest BCUT2D eigenvalue weighted by atomic mass is 10.2. The maximum atomic E-state index is 11.2. The number of allylic oxidation sites excluding steroid dienone is 1. The van der Waals surface area contributed by atoms with Crippen LogP contribution in [0.25, 0.3) is 6.08 Å². The Morgan fingerprint density at radius 1 is 1.43 bits per heavy atom. The summed E-state index contributed by atoms with van der Waals surface area (Å²) < 4.78 is 22.5. The van der Waals surface area contributed by atoms with E-state index in [0.717, 1.165) is 10.9 Å². The van der Waals surface area contributed by atoms with Crippen LogP contribution in [0.2, 0.25) is 0 Å². The molecule has 0 aliphatic heterocycles. The minimum absolute atomic E-state index is 0.356. The lowest BCUT2D eigenvalue weighted by Crippen LogP contribution is -1.96. The number of benzene rings is 1. The van der Waals surface area contributed by atoms with Gasteiger partial charge in [0.25, 0.3) is 0 Å². The summed E-state index contributed by atoms with van der Waals surface area (Å²) in [5.74, 6) is 0. The zero-order valence-electron chi connectivity index (χ0n) is 7.77. The molecule has 2 nitrogen and oxygen atoms in total. The van der Waals surface area contributed by atoms with Crippen molar-refractivity contribution in [2.24, 2.45) is 0 Å². The van der Waals surface area contributed by atoms with Crippen LogP contribution in [0.15, 0.2) is 35.2 Å². The van der Waals surface area contributed by atoms with Crippen molar-refractivity contribution in [2.75, 3.05) is 11.6 Å². The van der Waals surface area contributed by atoms with Crippen LogP contribution in [0.4, 0.5) is 0 Å². The van der Waals surface area contributed by atoms with Crippen molar-refractivity contribution in [2.45, 2.75) is 4.90 Å². The van der Waals surface area contributed by atoms with Gasteiger partial charge >= 0.3 is 0 Å². The van der Waals surface area contributed by atoms with Crippen LogP contribution in [0.5, 0.6) is 0 Å². The largest absolute Gasteiger partial charge is 0.224 e. The van der Waals surface area contributed by atoms with Gasteiger partial charge in [0.2, 0.25) is 0 Å². The minimum atomic E-state index is -3.10. The lowest BCUT2D eigenvalue weighted by Gasteiger charge is -1.99. The van der Waals surface area contributed by atoms with Gasteiger partial charge in [0, 0.05) is 11.6 Å². The van der Waals surface area contributed by atoms with E-state index in [1.807, 2.05) is 18.2 Å². The van der Waals surface area contributed by atoms with E-state index in [-0.39, 0.29) is 0 Å². The summed E-state index contributed by atoms with van der Waals surface area (Å²) in [5, 5.41) is 0.760. The molecule has 14 heavy (non-hydrogen) atoms. The van der Waals surface area contributed by atoms with Gasteiger partial charge in [0.15, 0.2) is 9.84 Å². The number of hydrogen-bond donors (Lipinski definition) is 0. The molecule has 0 saturated heterocycles. The molecule has 0 fully saturated rings. The fraction of sp³-hybridized carbons (Fsp3) is 0.200. The molecule has 0 aliphatic carbocycles. The van der Waals surface area contributed by atoms with E-state index in [1.54, 1.807) is 18.2 Å². The van der Waals surface area contributed by atoms with Gasteiger partial charge in [-0.2, -0.15) is 0 Å². The Morgan fingerprint density at radius 3 is 2.71 bits per heavy atom. The maximum Gasteiger partial charge on any atom is 0.175 e. The molecule has 0 spiro atoms. The molecule has 4 heteroatoms. The van der Waals surface area contributed by atoms with Crippen LogP contribution in [-0.2, 0) is 9.84 Å². The fourth-order valence-corrected chi connectivity index (χ4v) is 1.89. The SMILES string of the molecule is CS(=O)(=O)c1cccc(C=CCBr)c1. The Balaban J connectivity index is 3.08. The van der Waals surface area contributed by atoms with Gasteiger partial charge in [-0.3, -0.25) is 0 Å². The number of sulfone groups is 1. The summed E-state index contributed by atoms with van der Waals surface area (Å²) in [6.45, 7) is 0. The van der Waals surface area contributed by atoms with Crippen molar-refractivity contribution in [3.05, 3.63) is 35.9 Å². The van der Waals surface area contributed by atoms with Crippen LogP contribution in [0, 0.1) is 0 Å². The topological polar surface area (TPSA) is 34.1 Å². The fourth-order valence-electron chi connectivity index (χ4n) is 1.03. The summed E-state index contributed by atoms with van der Waals surface area (Å²) in [4.78, 5) is 0.356. The third-order valence-electron chi connectivity index (χ3n) is 1.69. The third kappa shape index (κ3) is 3.27. The van der Waals surface area contributed by atoms with E-state index in [0.29, 0.717) is 4.90 Å². The smallest absolute Gasteiger partial charge is 0.175 e. The van der Waals surface area contributed by atoms with Gasteiger partial charge in [-0.25, -0.2) is 8.42 Å². The van der Waals surface area contributed by atoms with Gasteiger partial charge < -0.3 is 0 Å². The second kappa shape index (κ2) is 4.75. The van der Waals surface area contributed by atoms with E-state index >= 15 is 0 Å². The molecule has 0 amide bonds. The van der Waals surface area contributed by atoms with Crippen LogP contribution in [0.1, 0.15) is 5.56 Å². The predicted octanol–water partition coefficient (Wildman–Crippen LogP) is 2.50. The normalized spacial score (nSPS) is 12.1. The monoisotopic (exact) mass is 274 g/mol. The molecule has 0 heterocycles. The first kappa shape index (κ1) is 11.5. The first-order valence-corrected chi connectivity index (χ1v) is 7.08. The van der Waals surface area contributed by atoms with E-state index in [1.165, 1.54) is 6.26 Å². The molecule has 0 N–H and O–H groups in total. The molecule has 1 aromatic rings. The van der Waals surface area contributed by atoms with Crippen molar-refractivity contribution in [3.8, 4) is 0 Å². The molecule has 0 aromatic heterocycles. The van der Waals surface area contributed by atoms with E-state index in [4.69, 9.17) is 0 Å². The van der Waals surface area contributed by atoms with Crippen molar-refractivity contribution in [3.63, 3.8) is 0 Å². The van der Waals surface area contributed by atoms with Crippen molar-refractivity contribution >= 4 is 31.8 Å². The molecule has 76 valence electrons. The van der Waals surface area contributed by atoms with E-state index in [9.17, 15) is 8.42 Å². The maximum absolute atomic E-state index is 11.2. The van der Waals surface area contributed by atoms with Crippen molar-refractivity contribution < 1.29 is 8.42 Å². The summed E-state index contributed by atoms with van der Waals surface area (Å²) >= 11 is 3.26.